The monoisotopic (exact) mass is 363 g/mol. The van der Waals surface area contributed by atoms with Gasteiger partial charge in [0.15, 0.2) is 0 Å². The average Bonchev–Trinajstić information content (AvgIpc) is 2.73. The van der Waals surface area contributed by atoms with Crippen LogP contribution in [-0.2, 0) is 19.7 Å². The van der Waals surface area contributed by atoms with Crippen LogP contribution in [0.15, 0.2) is 67.1 Å². The van der Waals surface area contributed by atoms with Crippen molar-refractivity contribution in [3.05, 3.63) is 83.8 Å². The number of rotatable bonds is 10. The lowest BCUT2D eigenvalue weighted by Gasteiger charge is -2.12. The number of benzene rings is 1. The van der Waals surface area contributed by atoms with E-state index in [0.29, 0.717) is 19.1 Å². The molecule has 5 nitrogen and oxygen atoms in total. The number of para-hydroxylation sites is 1. The highest BCUT2D eigenvalue weighted by Gasteiger charge is 2.04. The molecule has 2 aromatic heterocycles. The smallest absolute Gasteiger partial charge is 0.213 e. The maximum Gasteiger partial charge on any atom is 0.213 e. The second-order valence-corrected chi connectivity index (χ2v) is 6.21. The topological polar surface area (TPSA) is 56.3 Å². The lowest BCUT2D eigenvalue weighted by molar-refractivity contribution is 0.301. The van der Waals surface area contributed by atoms with Crippen molar-refractivity contribution < 1.29 is 9.47 Å². The van der Waals surface area contributed by atoms with Gasteiger partial charge in [-0.05, 0) is 24.1 Å². The Labute approximate surface area is 160 Å². The summed E-state index contributed by atoms with van der Waals surface area (Å²) in [7, 11) is 0. The van der Waals surface area contributed by atoms with Crippen LogP contribution in [0.5, 0.6) is 11.6 Å². The molecule has 0 unspecified atom stereocenters. The second-order valence-electron chi connectivity index (χ2n) is 6.21. The number of aromatic nitrogens is 2. The molecule has 0 aliphatic carbocycles. The molecule has 5 heteroatoms. The van der Waals surface area contributed by atoms with Gasteiger partial charge >= 0.3 is 0 Å². The molecule has 0 amide bonds. The first-order valence-electron chi connectivity index (χ1n) is 9.23. The van der Waals surface area contributed by atoms with Crippen LogP contribution in [0.3, 0.4) is 0 Å². The zero-order chi connectivity index (χ0) is 18.7. The third-order valence-corrected chi connectivity index (χ3v) is 3.99. The van der Waals surface area contributed by atoms with E-state index >= 15 is 0 Å². The number of nitrogens with zero attached hydrogens (tertiary/aromatic N) is 2. The molecular weight excluding hydrogens is 338 g/mol. The Kier molecular flexibility index (Phi) is 7.18. The van der Waals surface area contributed by atoms with Gasteiger partial charge in [-0.3, -0.25) is 4.98 Å². The first-order valence-corrected chi connectivity index (χ1v) is 9.23. The zero-order valence-electron chi connectivity index (χ0n) is 15.6. The second kappa shape index (κ2) is 10.3. The molecule has 3 rings (SSSR count). The van der Waals surface area contributed by atoms with Crippen LogP contribution in [0.25, 0.3) is 0 Å². The number of hydrogen-bond acceptors (Lipinski definition) is 5. The van der Waals surface area contributed by atoms with Gasteiger partial charge in [0.25, 0.3) is 0 Å². The minimum atomic E-state index is 0.508. The molecule has 0 spiro atoms. The van der Waals surface area contributed by atoms with E-state index in [2.05, 4.69) is 28.3 Å². The van der Waals surface area contributed by atoms with Gasteiger partial charge < -0.3 is 14.8 Å². The van der Waals surface area contributed by atoms with Gasteiger partial charge in [-0.25, -0.2) is 4.98 Å². The van der Waals surface area contributed by atoms with Gasteiger partial charge in [0.2, 0.25) is 5.88 Å². The molecule has 0 aliphatic rings. The van der Waals surface area contributed by atoms with E-state index in [4.69, 9.17) is 9.47 Å². The number of nitrogens with one attached hydrogen (secondary N) is 1. The number of pyridine rings is 2. The lowest BCUT2D eigenvalue weighted by Crippen LogP contribution is -2.14. The third-order valence-electron chi connectivity index (χ3n) is 3.99. The minimum absolute atomic E-state index is 0.508. The summed E-state index contributed by atoms with van der Waals surface area (Å²) in [6.45, 7) is 4.74. The van der Waals surface area contributed by atoms with Crippen LogP contribution >= 0.6 is 0 Å². The third kappa shape index (κ3) is 6.08. The van der Waals surface area contributed by atoms with Gasteiger partial charge in [-0.2, -0.15) is 0 Å². The van der Waals surface area contributed by atoms with Crippen LogP contribution < -0.4 is 14.8 Å². The largest absolute Gasteiger partial charge is 0.489 e. The molecular formula is C22H25N3O2. The summed E-state index contributed by atoms with van der Waals surface area (Å²) >= 11 is 0. The molecule has 0 fully saturated rings. The van der Waals surface area contributed by atoms with Crippen LogP contribution in [0.4, 0.5) is 0 Å². The average molecular weight is 363 g/mol. The van der Waals surface area contributed by atoms with Crippen LogP contribution in [0.1, 0.15) is 30.0 Å². The molecule has 1 N–H and O–H groups in total. The minimum Gasteiger partial charge on any atom is -0.489 e. The molecule has 0 atom stereocenters. The standard InChI is InChI=1S/C22H25N3O2/c1-2-12-26-22-10-9-18(15-25-22)13-24-16-20-7-3-4-8-21(20)27-17-19-6-5-11-23-14-19/h3-11,14-15,24H,2,12-13,16-17H2,1H3. The van der Waals surface area contributed by atoms with Crippen molar-refractivity contribution in [2.75, 3.05) is 6.61 Å². The quantitative estimate of drug-likeness (QED) is 0.587. The molecule has 0 bridgehead atoms. The van der Waals surface area contributed by atoms with Gasteiger partial charge in [0.1, 0.15) is 12.4 Å². The molecule has 0 radical (unpaired) electrons. The molecule has 1 aromatic carbocycles. The first-order chi connectivity index (χ1) is 13.3. The van der Waals surface area contributed by atoms with E-state index in [9.17, 15) is 0 Å². The van der Waals surface area contributed by atoms with Crippen LogP contribution in [0.2, 0.25) is 0 Å². The van der Waals surface area contributed by atoms with Gasteiger partial charge in [-0.1, -0.05) is 37.3 Å². The fraction of sp³-hybridized carbons (Fsp3) is 0.273. The highest BCUT2D eigenvalue weighted by atomic mass is 16.5. The Bertz CT molecular complexity index is 807. The normalized spacial score (nSPS) is 10.6. The Morgan fingerprint density at radius 3 is 2.59 bits per heavy atom. The SMILES string of the molecule is CCCOc1ccc(CNCc2ccccc2OCc2cccnc2)cn1. The Hall–Kier alpha value is -2.92. The van der Waals surface area contributed by atoms with E-state index in [1.54, 1.807) is 6.20 Å². The Balaban J connectivity index is 1.50. The Morgan fingerprint density at radius 1 is 0.889 bits per heavy atom. The Morgan fingerprint density at radius 2 is 1.81 bits per heavy atom. The molecule has 2 heterocycles. The maximum absolute atomic E-state index is 5.97. The maximum atomic E-state index is 5.97. The summed E-state index contributed by atoms with van der Waals surface area (Å²) in [5.74, 6) is 1.56. The fourth-order valence-corrected chi connectivity index (χ4v) is 2.58. The zero-order valence-corrected chi connectivity index (χ0v) is 15.6. The van der Waals surface area contributed by atoms with Crippen molar-refractivity contribution in [2.45, 2.75) is 33.0 Å². The van der Waals surface area contributed by atoms with E-state index in [1.807, 2.05) is 54.9 Å². The lowest BCUT2D eigenvalue weighted by atomic mass is 10.2. The van der Waals surface area contributed by atoms with E-state index in [1.165, 1.54) is 0 Å². The predicted octanol–water partition coefficient (Wildman–Crippen LogP) is 4.13. The summed E-state index contributed by atoms with van der Waals surface area (Å²) in [5.41, 5.74) is 3.29. The van der Waals surface area contributed by atoms with E-state index < -0.39 is 0 Å². The molecule has 27 heavy (non-hydrogen) atoms. The highest BCUT2D eigenvalue weighted by molar-refractivity contribution is 5.33. The molecule has 3 aromatic rings. The number of ether oxygens (including phenoxy) is 2. The molecule has 140 valence electrons. The van der Waals surface area contributed by atoms with Crippen molar-refractivity contribution in [1.82, 2.24) is 15.3 Å². The summed E-state index contributed by atoms with van der Waals surface area (Å²) in [6.07, 6.45) is 6.41. The van der Waals surface area contributed by atoms with Crippen molar-refractivity contribution in [1.29, 1.82) is 0 Å². The predicted molar refractivity (Wildman–Crippen MR) is 106 cm³/mol. The molecule has 0 saturated carbocycles. The van der Waals surface area contributed by atoms with Gasteiger partial charge in [0, 0.05) is 48.9 Å². The van der Waals surface area contributed by atoms with Crippen LogP contribution in [-0.4, -0.2) is 16.6 Å². The van der Waals surface area contributed by atoms with Crippen molar-refractivity contribution in [2.24, 2.45) is 0 Å². The summed E-state index contributed by atoms with van der Waals surface area (Å²) in [4.78, 5) is 8.45. The molecule has 0 aliphatic heterocycles. The van der Waals surface area contributed by atoms with Gasteiger partial charge in [-0.15, -0.1) is 0 Å². The van der Waals surface area contributed by atoms with E-state index in [-0.39, 0.29) is 0 Å². The van der Waals surface area contributed by atoms with Crippen molar-refractivity contribution in [3.63, 3.8) is 0 Å². The van der Waals surface area contributed by atoms with E-state index in [0.717, 1.165) is 42.0 Å². The molecule has 0 saturated heterocycles. The highest BCUT2D eigenvalue weighted by Crippen LogP contribution is 2.19. The summed E-state index contributed by atoms with van der Waals surface area (Å²) < 4.78 is 11.5. The summed E-state index contributed by atoms with van der Waals surface area (Å²) in [5, 5.41) is 3.45. The first kappa shape index (κ1) is 18.9. The van der Waals surface area contributed by atoms with Crippen LogP contribution in [0, 0.1) is 0 Å². The number of hydrogen-bond donors (Lipinski definition) is 1. The van der Waals surface area contributed by atoms with Crippen molar-refractivity contribution in [3.8, 4) is 11.6 Å². The fourth-order valence-electron chi connectivity index (χ4n) is 2.58. The van der Waals surface area contributed by atoms with Gasteiger partial charge in [0.05, 0.1) is 6.61 Å². The van der Waals surface area contributed by atoms with Crippen molar-refractivity contribution >= 4 is 0 Å². The summed E-state index contributed by atoms with van der Waals surface area (Å²) in [6, 6.07) is 16.0.